The van der Waals surface area contributed by atoms with Crippen molar-refractivity contribution in [1.29, 1.82) is 0 Å². The van der Waals surface area contributed by atoms with Gasteiger partial charge in [-0.15, -0.1) is 0 Å². The number of aromatic nitrogens is 1. The minimum atomic E-state index is 0.894. The molecule has 1 heterocycles. The fourth-order valence-electron chi connectivity index (χ4n) is 2.28. The average Bonchev–Trinajstić information content (AvgIpc) is 2.87. The molecule has 0 atom stereocenters. The molecule has 1 N–H and O–H groups in total. The number of aromatic amines is 1. The Balaban J connectivity index is 1.95. The summed E-state index contributed by atoms with van der Waals surface area (Å²) in [4.78, 5) is 3.21. The molecule has 3 rings (SSSR count). The predicted octanol–water partition coefficient (Wildman–Crippen LogP) is 3.77. The summed E-state index contributed by atoms with van der Waals surface area (Å²) < 4.78 is 5.38. The molecule has 90 valence electrons. The van der Waals surface area contributed by atoms with E-state index in [0.29, 0.717) is 0 Å². The molecule has 0 saturated carbocycles. The molecule has 0 unspecified atom stereocenters. The summed E-state index contributed by atoms with van der Waals surface area (Å²) in [5.74, 6) is 0.951. The van der Waals surface area contributed by atoms with Crippen LogP contribution in [0.25, 0.3) is 10.9 Å². The molecule has 0 radical (unpaired) electrons. The first-order valence-corrected chi connectivity index (χ1v) is 6.05. The predicted molar refractivity (Wildman–Crippen MR) is 74.1 cm³/mol. The summed E-state index contributed by atoms with van der Waals surface area (Å²) in [6, 6.07) is 16.8. The lowest BCUT2D eigenvalue weighted by Gasteiger charge is -2.08. The molecule has 0 saturated heterocycles. The van der Waals surface area contributed by atoms with E-state index in [0.717, 1.165) is 12.2 Å². The van der Waals surface area contributed by atoms with E-state index in [1.807, 2.05) is 24.4 Å². The van der Waals surface area contributed by atoms with Crippen LogP contribution in [0.4, 0.5) is 0 Å². The molecular weight excluding hydrogens is 222 g/mol. The number of fused-ring (bicyclic) bond motifs is 1. The monoisotopic (exact) mass is 237 g/mol. The molecule has 0 amide bonds. The Kier molecular flexibility index (Phi) is 2.77. The van der Waals surface area contributed by atoms with Gasteiger partial charge in [0.05, 0.1) is 7.11 Å². The van der Waals surface area contributed by atoms with Crippen molar-refractivity contribution in [3.63, 3.8) is 0 Å². The van der Waals surface area contributed by atoms with Crippen LogP contribution in [0.1, 0.15) is 11.1 Å². The van der Waals surface area contributed by atoms with Crippen LogP contribution in [0.3, 0.4) is 0 Å². The van der Waals surface area contributed by atoms with Gasteiger partial charge in [-0.3, -0.25) is 0 Å². The second-order valence-corrected chi connectivity index (χ2v) is 4.39. The number of ether oxygens (including phenoxy) is 1. The molecule has 18 heavy (non-hydrogen) atoms. The largest absolute Gasteiger partial charge is 0.496 e. The molecule has 3 aromatic rings. The molecule has 0 aliphatic heterocycles. The zero-order valence-corrected chi connectivity index (χ0v) is 10.3. The third-order valence-corrected chi connectivity index (χ3v) is 3.20. The highest BCUT2D eigenvalue weighted by molar-refractivity contribution is 5.80. The first kappa shape index (κ1) is 10.9. The second kappa shape index (κ2) is 4.57. The van der Waals surface area contributed by atoms with Gasteiger partial charge in [-0.05, 0) is 40.8 Å². The van der Waals surface area contributed by atoms with Crippen LogP contribution in [-0.2, 0) is 6.42 Å². The Morgan fingerprint density at radius 2 is 1.94 bits per heavy atom. The van der Waals surface area contributed by atoms with Gasteiger partial charge >= 0.3 is 0 Å². The van der Waals surface area contributed by atoms with Gasteiger partial charge in [0, 0.05) is 18.1 Å². The van der Waals surface area contributed by atoms with Crippen LogP contribution in [0.15, 0.2) is 54.7 Å². The lowest BCUT2D eigenvalue weighted by molar-refractivity contribution is 0.410. The summed E-state index contributed by atoms with van der Waals surface area (Å²) in [6.45, 7) is 0. The average molecular weight is 237 g/mol. The van der Waals surface area contributed by atoms with Crippen LogP contribution in [-0.4, -0.2) is 12.1 Å². The van der Waals surface area contributed by atoms with Crippen molar-refractivity contribution in [2.45, 2.75) is 6.42 Å². The second-order valence-electron chi connectivity index (χ2n) is 4.39. The van der Waals surface area contributed by atoms with Gasteiger partial charge in [0.15, 0.2) is 0 Å². The van der Waals surface area contributed by atoms with Crippen molar-refractivity contribution in [3.8, 4) is 5.75 Å². The molecule has 2 nitrogen and oxygen atoms in total. The minimum absolute atomic E-state index is 0.894. The van der Waals surface area contributed by atoms with Gasteiger partial charge in [0.2, 0.25) is 0 Å². The highest BCUT2D eigenvalue weighted by Gasteiger charge is 2.04. The number of rotatable bonds is 3. The number of para-hydroxylation sites is 1. The van der Waals surface area contributed by atoms with Crippen LogP contribution in [0, 0.1) is 0 Å². The highest BCUT2D eigenvalue weighted by Crippen LogP contribution is 2.22. The highest BCUT2D eigenvalue weighted by atomic mass is 16.5. The Bertz CT molecular complexity index is 669. The van der Waals surface area contributed by atoms with Crippen molar-refractivity contribution in [1.82, 2.24) is 4.98 Å². The van der Waals surface area contributed by atoms with Crippen LogP contribution in [0.5, 0.6) is 5.75 Å². The maximum Gasteiger partial charge on any atom is 0.122 e. The number of hydrogen-bond acceptors (Lipinski definition) is 1. The molecule has 0 spiro atoms. The molecule has 1 aromatic heterocycles. The third-order valence-electron chi connectivity index (χ3n) is 3.20. The van der Waals surface area contributed by atoms with E-state index in [-0.39, 0.29) is 0 Å². The van der Waals surface area contributed by atoms with E-state index < -0.39 is 0 Å². The van der Waals surface area contributed by atoms with E-state index in [4.69, 9.17) is 4.74 Å². The Morgan fingerprint density at radius 3 is 2.83 bits per heavy atom. The van der Waals surface area contributed by atoms with Crippen molar-refractivity contribution in [2.75, 3.05) is 7.11 Å². The van der Waals surface area contributed by atoms with Crippen molar-refractivity contribution >= 4 is 10.9 Å². The maximum atomic E-state index is 5.38. The topological polar surface area (TPSA) is 25.0 Å². The summed E-state index contributed by atoms with van der Waals surface area (Å²) in [5.41, 5.74) is 3.69. The lowest BCUT2D eigenvalue weighted by Crippen LogP contribution is -1.93. The molecular formula is C16H15NO. The third kappa shape index (κ3) is 1.97. The number of benzene rings is 2. The van der Waals surface area contributed by atoms with Crippen molar-refractivity contribution in [3.05, 3.63) is 65.9 Å². The van der Waals surface area contributed by atoms with Crippen molar-refractivity contribution in [2.24, 2.45) is 0 Å². The van der Waals surface area contributed by atoms with Crippen LogP contribution in [0.2, 0.25) is 0 Å². The molecule has 0 aliphatic rings. The van der Waals surface area contributed by atoms with Crippen LogP contribution >= 0.6 is 0 Å². The van der Waals surface area contributed by atoms with E-state index in [1.54, 1.807) is 7.11 Å². The molecule has 0 bridgehead atoms. The standard InChI is InChI=1S/C16H15NO/c1-18-16-5-3-2-4-14(16)11-12-6-7-15-13(10-12)8-9-17-15/h2-10,17H,11H2,1H3. The van der Waals surface area contributed by atoms with Gasteiger partial charge in [-0.2, -0.15) is 0 Å². The number of hydrogen-bond donors (Lipinski definition) is 1. The summed E-state index contributed by atoms with van der Waals surface area (Å²) in [7, 11) is 1.72. The Morgan fingerprint density at radius 1 is 1.06 bits per heavy atom. The first-order chi connectivity index (χ1) is 8.86. The SMILES string of the molecule is COc1ccccc1Cc1ccc2[nH]ccc2c1. The van der Waals surface area contributed by atoms with E-state index in [9.17, 15) is 0 Å². The fourth-order valence-corrected chi connectivity index (χ4v) is 2.28. The van der Waals surface area contributed by atoms with Gasteiger partial charge in [0.25, 0.3) is 0 Å². The van der Waals surface area contributed by atoms with E-state index >= 15 is 0 Å². The van der Waals surface area contributed by atoms with Gasteiger partial charge in [-0.25, -0.2) is 0 Å². The molecule has 2 heteroatoms. The minimum Gasteiger partial charge on any atom is -0.496 e. The Labute approximate surface area is 106 Å². The van der Waals surface area contributed by atoms with Crippen LogP contribution < -0.4 is 4.74 Å². The first-order valence-electron chi connectivity index (χ1n) is 6.05. The molecule has 0 fully saturated rings. The van der Waals surface area contributed by atoms with Gasteiger partial charge in [-0.1, -0.05) is 24.3 Å². The Hall–Kier alpha value is -2.22. The van der Waals surface area contributed by atoms with Crippen molar-refractivity contribution < 1.29 is 4.74 Å². The number of methoxy groups -OCH3 is 1. The molecule has 2 aromatic carbocycles. The lowest BCUT2D eigenvalue weighted by atomic mass is 10.0. The van der Waals surface area contributed by atoms with Gasteiger partial charge in [0.1, 0.15) is 5.75 Å². The smallest absolute Gasteiger partial charge is 0.122 e. The van der Waals surface area contributed by atoms with E-state index in [2.05, 4.69) is 35.3 Å². The van der Waals surface area contributed by atoms with Gasteiger partial charge < -0.3 is 9.72 Å². The normalized spacial score (nSPS) is 10.7. The zero-order chi connectivity index (χ0) is 12.4. The molecule has 0 aliphatic carbocycles. The zero-order valence-electron chi connectivity index (χ0n) is 10.3. The number of H-pyrrole nitrogens is 1. The quantitative estimate of drug-likeness (QED) is 0.737. The van der Waals surface area contributed by atoms with E-state index in [1.165, 1.54) is 22.0 Å². The fraction of sp³-hybridized carbons (Fsp3) is 0.125. The summed E-state index contributed by atoms with van der Waals surface area (Å²) in [5, 5.41) is 1.25. The number of nitrogens with one attached hydrogen (secondary N) is 1. The maximum absolute atomic E-state index is 5.38. The summed E-state index contributed by atoms with van der Waals surface area (Å²) in [6.07, 6.45) is 2.86. The summed E-state index contributed by atoms with van der Waals surface area (Å²) >= 11 is 0.